The number of fused-ring (bicyclic) bond motifs is 6. The first-order valence-electron chi connectivity index (χ1n) is 19.4. The molecule has 11 aromatic rings. The molecule has 3 heteroatoms. The molecule has 0 saturated carbocycles. The smallest absolute Gasteiger partial charge is 0.0547 e. The highest BCUT2D eigenvalue weighted by Gasteiger charge is 2.20. The Morgan fingerprint density at radius 1 is 0.351 bits per heavy atom. The summed E-state index contributed by atoms with van der Waals surface area (Å²) in [5.74, 6) is 0. The fraction of sp³-hybridized carbons (Fsp3) is 0. The lowest BCUT2D eigenvalue weighted by Crippen LogP contribution is -2.10. The molecule has 0 spiro atoms. The van der Waals surface area contributed by atoms with Crippen LogP contribution in [0.2, 0.25) is 0 Å². The lowest BCUT2D eigenvalue weighted by Gasteiger charge is -2.26. The predicted octanol–water partition coefficient (Wildman–Crippen LogP) is 15.6. The summed E-state index contributed by atoms with van der Waals surface area (Å²) in [5, 5.41) is 5.09. The van der Waals surface area contributed by atoms with Gasteiger partial charge < -0.3 is 9.47 Å². The molecule has 0 saturated heterocycles. The van der Waals surface area contributed by atoms with E-state index in [1.165, 1.54) is 75.4 Å². The maximum atomic E-state index is 2.41. The molecule has 0 fully saturated rings. The van der Waals surface area contributed by atoms with Crippen molar-refractivity contribution in [2.45, 2.75) is 0 Å². The average Bonchev–Trinajstić information content (AvgIpc) is 3.84. The minimum atomic E-state index is 1.10. The third-order valence-corrected chi connectivity index (χ3v) is 12.4. The highest BCUT2D eigenvalue weighted by atomic mass is 32.1. The number of anilines is 3. The van der Waals surface area contributed by atoms with Gasteiger partial charge in [0.1, 0.15) is 0 Å². The maximum Gasteiger partial charge on any atom is 0.0547 e. The van der Waals surface area contributed by atoms with E-state index in [1.54, 1.807) is 0 Å². The summed E-state index contributed by atoms with van der Waals surface area (Å²) in [6.07, 6.45) is 0. The molecule has 0 aliphatic heterocycles. The largest absolute Gasteiger partial charge is 0.310 e. The number of thiophene rings is 1. The second-order valence-electron chi connectivity index (χ2n) is 14.5. The average molecular weight is 745 g/mol. The quantitative estimate of drug-likeness (QED) is 0.158. The van der Waals surface area contributed by atoms with Gasteiger partial charge in [0, 0.05) is 53.7 Å². The Hall–Kier alpha value is -7.20. The summed E-state index contributed by atoms with van der Waals surface area (Å²) >= 11 is 1.88. The number of hydrogen-bond acceptors (Lipinski definition) is 2. The molecular weight excluding hydrogens is 709 g/mol. The molecule has 0 radical (unpaired) electrons. The van der Waals surface area contributed by atoms with E-state index in [0.717, 1.165) is 22.7 Å². The Morgan fingerprint density at radius 3 is 1.63 bits per heavy atom. The second-order valence-corrected chi connectivity index (χ2v) is 15.6. The third-order valence-electron chi connectivity index (χ3n) is 11.2. The van der Waals surface area contributed by atoms with Crippen molar-refractivity contribution in [2.75, 3.05) is 4.90 Å². The van der Waals surface area contributed by atoms with Crippen LogP contribution in [-0.4, -0.2) is 4.57 Å². The maximum absolute atomic E-state index is 2.41. The Morgan fingerprint density at radius 2 is 0.895 bits per heavy atom. The predicted molar refractivity (Wildman–Crippen MR) is 245 cm³/mol. The molecule has 268 valence electrons. The molecule has 0 N–H and O–H groups in total. The van der Waals surface area contributed by atoms with E-state index in [4.69, 9.17) is 0 Å². The van der Waals surface area contributed by atoms with Gasteiger partial charge in [0.05, 0.1) is 11.0 Å². The van der Waals surface area contributed by atoms with Crippen molar-refractivity contribution in [2.24, 2.45) is 0 Å². The summed E-state index contributed by atoms with van der Waals surface area (Å²) in [6, 6.07) is 79.3. The van der Waals surface area contributed by atoms with Crippen LogP contribution < -0.4 is 4.90 Å². The molecule has 57 heavy (non-hydrogen) atoms. The summed E-state index contributed by atoms with van der Waals surface area (Å²) in [7, 11) is 0. The van der Waals surface area contributed by atoms with E-state index in [9.17, 15) is 0 Å². The van der Waals surface area contributed by atoms with Gasteiger partial charge in [-0.15, -0.1) is 11.3 Å². The highest BCUT2D eigenvalue weighted by molar-refractivity contribution is 7.26. The Bertz CT molecular complexity index is 3200. The van der Waals surface area contributed by atoms with Crippen LogP contribution in [0.25, 0.3) is 81.0 Å². The first kappa shape index (κ1) is 33.2. The number of rotatable bonds is 7. The first-order valence-corrected chi connectivity index (χ1v) is 20.2. The zero-order chi connectivity index (χ0) is 37.7. The highest BCUT2D eigenvalue weighted by Crippen LogP contribution is 2.44. The van der Waals surface area contributed by atoms with Gasteiger partial charge in [-0.2, -0.15) is 0 Å². The van der Waals surface area contributed by atoms with Crippen LogP contribution in [0.4, 0.5) is 17.1 Å². The first-order chi connectivity index (χ1) is 28.3. The number of benzene rings is 9. The normalized spacial score (nSPS) is 11.5. The Balaban J connectivity index is 1.10. The van der Waals surface area contributed by atoms with E-state index in [1.807, 2.05) is 11.3 Å². The molecule has 2 nitrogen and oxygen atoms in total. The van der Waals surface area contributed by atoms with E-state index < -0.39 is 0 Å². The summed E-state index contributed by atoms with van der Waals surface area (Å²) < 4.78 is 5.05. The zero-order valence-corrected chi connectivity index (χ0v) is 31.9. The van der Waals surface area contributed by atoms with Gasteiger partial charge in [-0.1, -0.05) is 152 Å². The Labute approximate surface area is 335 Å². The molecule has 0 bridgehead atoms. The Kier molecular flexibility index (Phi) is 8.04. The van der Waals surface area contributed by atoms with Crippen molar-refractivity contribution in [3.8, 4) is 39.1 Å². The van der Waals surface area contributed by atoms with E-state index in [2.05, 4.69) is 228 Å². The molecule has 9 aromatic carbocycles. The second kappa shape index (κ2) is 13.8. The number of para-hydroxylation sites is 1. The van der Waals surface area contributed by atoms with Crippen molar-refractivity contribution >= 4 is 70.4 Å². The summed E-state index contributed by atoms with van der Waals surface area (Å²) in [5.41, 5.74) is 14.1. The topological polar surface area (TPSA) is 8.17 Å². The number of nitrogens with zero attached hydrogens (tertiary/aromatic N) is 2. The monoisotopic (exact) mass is 744 g/mol. The van der Waals surface area contributed by atoms with Crippen LogP contribution in [0.15, 0.2) is 218 Å². The number of hydrogen-bond donors (Lipinski definition) is 0. The third kappa shape index (κ3) is 5.71. The summed E-state index contributed by atoms with van der Waals surface area (Å²) in [6.45, 7) is 0. The fourth-order valence-electron chi connectivity index (χ4n) is 8.56. The van der Waals surface area contributed by atoms with Gasteiger partial charge in [0.2, 0.25) is 0 Å². The van der Waals surface area contributed by atoms with Crippen molar-refractivity contribution in [1.29, 1.82) is 0 Å². The van der Waals surface area contributed by atoms with Gasteiger partial charge in [0.15, 0.2) is 0 Å². The SMILES string of the molecule is c1ccc(-c2ccc(N(c3ccc(-c4cccc5c4sc4ccccc45)cc3)c3ccc4c(c3)c3c(-c5ccccc5)cccc3n4-c3ccccc3)cc2)cc1. The van der Waals surface area contributed by atoms with Gasteiger partial charge in [-0.25, -0.2) is 0 Å². The van der Waals surface area contributed by atoms with Crippen molar-refractivity contribution in [3.63, 3.8) is 0 Å². The molecule has 0 unspecified atom stereocenters. The minimum absolute atomic E-state index is 1.10. The van der Waals surface area contributed by atoms with Gasteiger partial charge in [0.25, 0.3) is 0 Å². The lowest BCUT2D eigenvalue weighted by molar-refractivity contribution is 1.18. The standard InChI is InChI=1S/C54H36N2S/c1-4-14-37(15-5-1)38-26-30-42(31-27-38)55(43-32-28-40(29-33-43)46-22-12-23-48-47-20-10-11-25-52(47)57-54(46)48)44-34-35-50-49(36-44)53-45(39-16-6-2-7-17-39)21-13-24-51(53)56(50)41-18-8-3-9-19-41/h1-36H. The van der Waals surface area contributed by atoms with Crippen molar-refractivity contribution < 1.29 is 0 Å². The molecule has 11 rings (SSSR count). The fourth-order valence-corrected chi connectivity index (χ4v) is 9.79. The molecule has 2 aromatic heterocycles. The molecule has 0 aliphatic rings. The van der Waals surface area contributed by atoms with E-state index in [-0.39, 0.29) is 0 Å². The molecule has 0 amide bonds. The van der Waals surface area contributed by atoms with Crippen LogP contribution in [-0.2, 0) is 0 Å². The zero-order valence-electron chi connectivity index (χ0n) is 31.1. The van der Waals surface area contributed by atoms with Crippen LogP contribution in [0, 0.1) is 0 Å². The van der Waals surface area contributed by atoms with Crippen molar-refractivity contribution in [1.82, 2.24) is 4.57 Å². The van der Waals surface area contributed by atoms with Crippen LogP contribution in [0.3, 0.4) is 0 Å². The lowest BCUT2D eigenvalue weighted by atomic mass is 9.99. The molecule has 2 heterocycles. The minimum Gasteiger partial charge on any atom is -0.310 e. The molecular formula is C54H36N2S. The van der Waals surface area contributed by atoms with E-state index >= 15 is 0 Å². The van der Waals surface area contributed by atoms with E-state index in [0.29, 0.717) is 0 Å². The van der Waals surface area contributed by atoms with Gasteiger partial charge in [-0.05, 0) is 100 Å². The number of aromatic nitrogens is 1. The molecule has 0 atom stereocenters. The molecule has 0 aliphatic carbocycles. The van der Waals surface area contributed by atoms with Gasteiger partial charge in [-0.3, -0.25) is 0 Å². The summed E-state index contributed by atoms with van der Waals surface area (Å²) in [4.78, 5) is 2.40. The van der Waals surface area contributed by atoms with Crippen molar-refractivity contribution in [3.05, 3.63) is 218 Å². The van der Waals surface area contributed by atoms with Crippen LogP contribution >= 0.6 is 11.3 Å². The van der Waals surface area contributed by atoms with Gasteiger partial charge >= 0.3 is 0 Å². The van der Waals surface area contributed by atoms with Crippen LogP contribution in [0.1, 0.15) is 0 Å². The van der Waals surface area contributed by atoms with Crippen LogP contribution in [0.5, 0.6) is 0 Å².